The quantitative estimate of drug-likeness (QED) is 0.381. The summed E-state index contributed by atoms with van der Waals surface area (Å²) >= 11 is 7.46. The van der Waals surface area contributed by atoms with E-state index in [0.717, 1.165) is 39.8 Å². The molecule has 27 heavy (non-hydrogen) atoms. The highest BCUT2D eigenvalue weighted by atomic mass is 35.5. The molecule has 0 radical (unpaired) electrons. The van der Waals surface area contributed by atoms with Gasteiger partial charge in [-0.25, -0.2) is 9.97 Å². The van der Waals surface area contributed by atoms with Gasteiger partial charge in [-0.2, -0.15) is 0 Å². The summed E-state index contributed by atoms with van der Waals surface area (Å²) in [6.45, 7) is 7.04. The summed E-state index contributed by atoms with van der Waals surface area (Å²) in [6.07, 6.45) is 3.79. The van der Waals surface area contributed by atoms with E-state index in [1.165, 1.54) is 11.8 Å². The number of carbonyl (C=O) groups is 1. The molecule has 0 unspecified atom stereocenters. The fourth-order valence-corrected chi connectivity index (χ4v) is 3.43. The third-order valence-corrected chi connectivity index (χ3v) is 5.01. The molecule has 2 rings (SSSR count). The zero-order valence-electron chi connectivity index (χ0n) is 16.3. The first-order valence-electron chi connectivity index (χ1n) is 8.94. The molecule has 0 saturated heterocycles. The van der Waals surface area contributed by atoms with Gasteiger partial charge in [0.25, 0.3) is 0 Å². The van der Waals surface area contributed by atoms with Gasteiger partial charge in [-0.3, -0.25) is 4.79 Å². The zero-order chi connectivity index (χ0) is 19.8. The van der Waals surface area contributed by atoms with E-state index in [9.17, 15) is 4.79 Å². The molecular weight excluding hydrogens is 382 g/mol. The molecule has 146 valence electrons. The van der Waals surface area contributed by atoms with E-state index in [1.807, 2.05) is 45.2 Å². The lowest BCUT2D eigenvalue weighted by Gasteiger charge is -2.11. The van der Waals surface area contributed by atoms with E-state index in [2.05, 4.69) is 15.3 Å². The molecule has 0 aliphatic heterocycles. The van der Waals surface area contributed by atoms with Crippen molar-refractivity contribution in [3.8, 4) is 5.75 Å². The number of thioether (sulfide) groups is 1. The van der Waals surface area contributed by atoms with Crippen LogP contribution in [0.1, 0.15) is 35.4 Å². The summed E-state index contributed by atoms with van der Waals surface area (Å²) in [5.41, 5.74) is 3.97. The summed E-state index contributed by atoms with van der Waals surface area (Å²) in [5, 5.41) is 4.41. The van der Waals surface area contributed by atoms with Gasteiger partial charge in [0.2, 0.25) is 5.91 Å². The molecule has 0 bridgehead atoms. The minimum absolute atomic E-state index is 0.0328. The number of halogens is 1. The Kier molecular flexibility index (Phi) is 8.38. The Morgan fingerprint density at radius 2 is 1.93 bits per heavy atom. The predicted octanol–water partition coefficient (Wildman–Crippen LogP) is 4.30. The van der Waals surface area contributed by atoms with Gasteiger partial charge in [-0.1, -0.05) is 23.4 Å². The number of amides is 1. The van der Waals surface area contributed by atoms with Crippen molar-refractivity contribution in [2.75, 3.05) is 19.4 Å². The maximum absolute atomic E-state index is 12.1. The number of hydrogen-bond acceptors (Lipinski definition) is 5. The van der Waals surface area contributed by atoms with Gasteiger partial charge >= 0.3 is 0 Å². The van der Waals surface area contributed by atoms with Crippen LogP contribution in [0.4, 0.5) is 0 Å². The number of ether oxygens (including phenoxy) is 1. The number of carbonyl (C=O) groups excluding carboxylic acids is 1. The van der Waals surface area contributed by atoms with Gasteiger partial charge in [0.1, 0.15) is 5.75 Å². The third kappa shape index (κ3) is 6.70. The first kappa shape index (κ1) is 21.5. The maximum Gasteiger partial charge on any atom is 0.220 e. The number of nitrogens with one attached hydrogen (secondary N) is 1. The summed E-state index contributed by atoms with van der Waals surface area (Å²) in [6, 6.07) is 5.55. The van der Waals surface area contributed by atoms with Crippen molar-refractivity contribution in [1.82, 2.24) is 15.3 Å². The summed E-state index contributed by atoms with van der Waals surface area (Å²) < 4.78 is 5.73. The summed E-state index contributed by atoms with van der Waals surface area (Å²) in [5.74, 6) is 0.857. The van der Waals surface area contributed by atoms with Crippen LogP contribution < -0.4 is 10.1 Å². The molecule has 1 aromatic carbocycles. The minimum atomic E-state index is 0.0328. The van der Waals surface area contributed by atoms with E-state index >= 15 is 0 Å². The second-order valence-electron chi connectivity index (χ2n) is 6.32. The second-order valence-corrected chi connectivity index (χ2v) is 7.53. The molecule has 0 saturated carbocycles. The smallest absolute Gasteiger partial charge is 0.220 e. The number of aryl methyl sites for hydroxylation is 3. The van der Waals surface area contributed by atoms with Crippen LogP contribution in [0.15, 0.2) is 23.4 Å². The fraction of sp³-hybridized carbons (Fsp3) is 0.450. The second kappa shape index (κ2) is 10.5. The molecule has 1 amide bonds. The first-order chi connectivity index (χ1) is 12.9. The number of benzene rings is 1. The molecule has 1 aromatic heterocycles. The van der Waals surface area contributed by atoms with Crippen LogP contribution in [-0.2, 0) is 11.2 Å². The standard InChI is InChI=1S/C20H26ClN3O2S/c1-13-12-16(21)6-8-18(13)26-11-5-10-22-19(25)9-7-17-14(2)23-20(27-4)24-15(17)3/h6,8,12H,5,7,9-11H2,1-4H3,(H,22,25). The largest absolute Gasteiger partial charge is 0.493 e. The first-order valence-corrected chi connectivity index (χ1v) is 10.5. The van der Waals surface area contributed by atoms with Crippen molar-refractivity contribution in [1.29, 1.82) is 0 Å². The van der Waals surface area contributed by atoms with Crippen molar-refractivity contribution < 1.29 is 9.53 Å². The van der Waals surface area contributed by atoms with Gasteiger partial charge < -0.3 is 10.1 Å². The lowest BCUT2D eigenvalue weighted by Crippen LogP contribution is -2.26. The Balaban J connectivity index is 1.69. The Morgan fingerprint density at radius 1 is 1.22 bits per heavy atom. The van der Waals surface area contributed by atoms with Gasteiger partial charge in [-0.15, -0.1) is 0 Å². The van der Waals surface area contributed by atoms with E-state index in [0.29, 0.717) is 31.0 Å². The number of aromatic nitrogens is 2. The molecule has 0 atom stereocenters. The SMILES string of the molecule is CSc1nc(C)c(CCC(=O)NCCCOc2ccc(Cl)cc2C)c(C)n1. The highest BCUT2D eigenvalue weighted by Gasteiger charge is 2.10. The molecule has 0 aliphatic rings. The lowest BCUT2D eigenvalue weighted by atomic mass is 10.1. The maximum atomic E-state index is 12.1. The molecule has 0 spiro atoms. The number of hydrogen-bond donors (Lipinski definition) is 1. The van der Waals surface area contributed by atoms with Crippen molar-refractivity contribution in [2.24, 2.45) is 0 Å². The zero-order valence-corrected chi connectivity index (χ0v) is 17.8. The topological polar surface area (TPSA) is 64.1 Å². The van der Waals surface area contributed by atoms with Crippen molar-refractivity contribution in [2.45, 2.75) is 45.2 Å². The Bertz CT molecular complexity index is 776. The van der Waals surface area contributed by atoms with Gasteiger partial charge in [-0.05, 0) is 69.2 Å². The van der Waals surface area contributed by atoms with Crippen LogP contribution in [-0.4, -0.2) is 35.3 Å². The van der Waals surface area contributed by atoms with E-state index in [4.69, 9.17) is 16.3 Å². The fourth-order valence-electron chi connectivity index (χ4n) is 2.75. The van der Waals surface area contributed by atoms with Gasteiger partial charge in [0, 0.05) is 29.4 Å². The molecule has 5 nitrogen and oxygen atoms in total. The lowest BCUT2D eigenvalue weighted by molar-refractivity contribution is -0.121. The number of nitrogens with zero attached hydrogens (tertiary/aromatic N) is 2. The Labute approximate surface area is 170 Å². The van der Waals surface area contributed by atoms with Crippen LogP contribution in [0.3, 0.4) is 0 Å². The van der Waals surface area contributed by atoms with Crippen LogP contribution in [0.5, 0.6) is 5.75 Å². The predicted molar refractivity (Wildman–Crippen MR) is 111 cm³/mol. The van der Waals surface area contributed by atoms with E-state index < -0.39 is 0 Å². The summed E-state index contributed by atoms with van der Waals surface area (Å²) in [7, 11) is 0. The normalized spacial score (nSPS) is 10.7. The molecular formula is C20H26ClN3O2S. The van der Waals surface area contributed by atoms with Gasteiger partial charge in [0.15, 0.2) is 5.16 Å². The monoisotopic (exact) mass is 407 g/mol. The van der Waals surface area contributed by atoms with Crippen LogP contribution in [0, 0.1) is 20.8 Å². The Hall–Kier alpha value is -1.79. The average Bonchev–Trinajstić information content (AvgIpc) is 2.62. The number of rotatable bonds is 9. The molecule has 1 heterocycles. The average molecular weight is 408 g/mol. The van der Waals surface area contributed by atoms with Crippen molar-refractivity contribution >= 4 is 29.3 Å². The summed E-state index contributed by atoms with van der Waals surface area (Å²) in [4.78, 5) is 21.0. The van der Waals surface area contributed by atoms with Gasteiger partial charge in [0.05, 0.1) is 6.61 Å². The highest BCUT2D eigenvalue weighted by Crippen LogP contribution is 2.21. The molecule has 0 aliphatic carbocycles. The molecule has 7 heteroatoms. The van der Waals surface area contributed by atoms with E-state index in [1.54, 1.807) is 0 Å². The highest BCUT2D eigenvalue weighted by molar-refractivity contribution is 7.98. The van der Waals surface area contributed by atoms with Crippen LogP contribution in [0.25, 0.3) is 0 Å². The van der Waals surface area contributed by atoms with Crippen molar-refractivity contribution in [3.05, 3.63) is 45.7 Å². The Morgan fingerprint density at radius 3 is 2.56 bits per heavy atom. The van der Waals surface area contributed by atoms with E-state index in [-0.39, 0.29) is 5.91 Å². The molecule has 1 N–H and O–H groups in total. The molecule has 0 fully saturated rings. The van der Waals surface area contributed by atoms with Crippen LogP contribution in [0.2, 0.25) is 5.02 Å². The molecule has 2 aromatic rings. The third-order valence-electron chi connectivity index (χ3n) is 4.22. The minimum Gasteiger partial charge on any atom is -0.493 e. The van der Waals surface area contributed by atoms with Crippen molar-refractivity contribution in [3.63, 3.8) is 0 Å². The van der Waals surface area contributed by atoms with Crippen LogP contribution >= 0.6 is 23.4 Å².